The number of amides is 1. The zero-order valence-electron chi connectivity index (χ0n) is 13.2. The summed E-state index contributed by atoms with van der Waals surface area (Å²) in [5.41, 5.74) is 7.30. The third kappa shape index (κ3) is 4.22. The Labute approximate surface area is 131 Å². The molecule has 0 saturated heterocycles. The zero-order valence-corrected chi connectivity index (χ0v) is 13.2. The topological polar surface area (TPSA) is 52.3 Å². The van der Waals surface area contributed by atoms with E-state index in [2.05, 4.69) is 32.9 Å². The summed E-state index contributed by atoms with van der Waals surface area (Å²) >= 11 is 0. The number of ether oxygens (including phenoxy) is 1. The van der Waals surface area contributed by atoms with Crippen LogP contribution in [0.15, 0.2) is 54.6 Å². The fraction of sp³-hybridized carbons (Fsp3) is 0.211. The molecule has 2 aromatic rings. The van der Waals surface area contributed by atoms with Gasteiger partial charge in [-0.3, -0.25) is 4.79 Å². The lowest BCUT2D eigenvalue weighted by Gasteiger charge is -2.19. The van der Waals surface area contributed by atoms with Gasteiger partial charge in [0.1, 0.15) is 11.5 Å². The number of rotatable bonds is 4. The van der Waals surface area contributed by atoms with Gasteiger partial charge in [-0.25, -0.2) is 0 Å². The van der Waals surface area contributed by atoms with Crippen LogP contribution >= 0.6 is 0 Å². The summed E-state index contributed by atoms with van der Waals surface area (Å²) in [5, 5.41) is 0. The van der Waals surface area contributed by atoms with Crippen LogP contribution in [0.2, 0.25) is 0 Å². The van der Waals surface area contributed by atoms with E-state index in [0.29, 0.717) is 5.75 Å². The van der Waals surface area contributed by atoms with Crippen molar-refractivity contribution >= 4 is 12.0 Å². The molecule has 3 nitrogen and oxygen atoms in total. The van der Waals surface area contributed by atoms with Crippen LogP contribution in [0.1, 0.15) is 31.9 Å². The SMILES string of the molecule is CC(C)(C)c1ccc(Oc2ccccc2/C=C\C(N)=O)cc1. The quantitative estimate of drug-likeness (QED) is 0.856. The van der Waals surface area contributed by atoms with E-state index in [-0.39, 0.29) is 5.41 Å². The minimum Gasteiger partial charge on any atom is -0.457 e. The van der Waals surface area contributed by atoms with Gasteiger partial charge in [0.15, 0.2) is 0 Å². The predicted octanol–water partition coefficient (Wildman–Crippen LogP) is 4.27. The fourth-order valence-corrected chi connectivity index (χ4v) is 2.03. The standard InChI is InChI=1S/C19H21NO2/c1-19(2,3)15-9-11-16(12-10-15)22-17-7-5-4-6-14(17)8-13-18(20)21/h4-13H,1-3H3,(H2,20,21)/b13-8-. The largest absolute Gasteiger partial charge is 0.457 e. The maximum atomic E-state index is 10.9. The first-order valence-electron chi connectivity index (χ1n) is 7.21. The Morgan fingerprint density at radius 2 is 1.68 bits per heavy atom. The minimum atomic E-state index is -0.482. The highest BCUT2D eigenvalue weighted by Crippen LogP contribution is 2.29. The van der Waals surface area contributed by atoms with Crippen molar-refractivity contribution < 1.29 is 9.53 Å². The molecular formula is C19H21NO2. The van der Waals surface area contributed by atoms with Gasteiger partial charge in [-0.1, -0.05) is 51.1 Å². The van der Waals surface area contributed by atoms with E-state index in [9.17, 15) is 4.79 Å². The number of benzene rings is 2. The monoisotopic (exact) mass is 295 g/mol. The van der Waals surface area contributed by atoms with Gasteiger partial charge in [0.05, 0.1) is 0 Å². The number of nitrogens with two attached hydrogens (primary N) is 1. The molecule has 0 fully saturated rings. The van der Waals surface area contributed by atoms with Crippen LogP contribution in [-0.2, 0) is 10.2 Å². The second kappa shape index (κ2) is 6.48. The Morgan fingerprint density at radius 3 is 2.27 bits per heavy atom. The Balaban J connectivity index is 2.22. The van der Waals surface area contributed by atoms with E-state index in [0.717, 1.165) is 11.3 Å². The van der Waals surface area contributed by atoms with E-state index in [1.54, 1.807) is 6.08 Å². The molecule has 0 heterocycles. The van der Waals surface area contributed by atoms with Crippen molar-refractivity contribution in [1.29, 1.82) is 0 Å². The number of primary amides is 1. The maximum absolute atomic E-state index is 10.9. The molecule has 2 rings (SSSR count). The number of hydrogen-bond donors (Lipinski definition) is 1. The van der Waals surface area contributed by atoms with Crippen LogP contribution in [0.25, 0.3) is 6.08 Å². The normalized spacial score (nSPS) is 11.6. The first-order valence-corrected chi connectivity index (χ1v) is 7.21. The number of para-hydroxylation sites is 1. The van der Waals surface area contributed by atoms with Gasteiger partial charge in [-0.05, 0) is 35.3 Å². The molecule has 2 N–H and O–H groups in total. The molecule has 0 unspecified atom stereocenters. The van der Waals surface area contributed by atoms with Crippen LogP contribution < -0.4 is 10.5 Å². The van der Waals surface area contributed by atoms with E-state index in [4.69, 9.17) is 10.5 Å². The van der Waals surface area contributed by atoms with Crippen LogP contribution in [0.3, 0.4) is 0 Å². The van der Waals surface area contributed by atoms with E-state index < -0.39 is 5.91 Å². The van der Waals surface area contributed by atoms with Crippen molar-refractivity contribution in [2.45, 2.75) is 26.2 Å². The van der Waals surface area contributed by atoms with Crippen LogP contribution in [-0.4, -0.2) is 5.91 Å². The predicted molar refractivity (Wildman–Crippen MR) is 89.9 cm³/mol. The Morgan fingerprint density at radius 1 is 1.05 bits per heavy atom. The van der Waals surface area contributed by atoms with Crippen molar-refractivity contribution in [3.05, 3.63) is 65.7 Å². The van der Waals surface area contributed by atoms with Crippen molar-refractivity contribution in [2.75, 3.05) is 0 Å². The summed E-state index contributed by atoms with van der Waals surface area (Å²) in [7, 11) is 0. The molecule has 0 aliphatic carbocycles. The van der Waals surface area contributed by atoms with Crippen molar-refractivity contribution in [2.24, 2.45) is 5.73 Å². The van der Waals surface area contributed by atoms with E-state index in [1.807, 2.05) is 36.4 Å². The highest BCUT2D eigenvalue weighted by Gasteiger charge is 2.13. The zero-order chi connectivity index (χ0) is 16.2. The first kappa shape index (κ1) is 15.8. The molecule has 0 spiro atoms. The average molecular weight is 295 g/mol. The lowest BCUT2D eigenvalue weighted by Crippen LogP contribution is -2.10. The maximum Gasteiger partial charge on any atom is 0.241 e. The third-order valence-corrected chi connectivity index (χ3v) is 3.29. The molecule has 0 atom stereocenters. The second-order valence-electron chi connectivity index (χ2n) is 6.15. The van der Waals surface area contributed by atoms with Gasteiger partial charge in [-0.15, -0.1) is 0 Å². The third-order valence-electron chi connectivity index (χ3n) is 3.29. The summed E-state index contributed by atoms with van der Waals surface area (Å²) in [6.07, 6.45) is 2.98. The van der Waals surface area contributed by atoms with Gasteiger partial charge < -0.3 is 10.5 Å². The van der Waals surface area contributed by atoms with Crippen molar-refractivity contribution in [1.82, 2.24) is 0 Å². The molecule has 0 bridgehead atoms. The molecular weight excluding hydrogens is 274 g/mol. The van der Waals surface area contributed by atoms with E-state index in [1.165, 1.54) is 11.6 Å². The van der Waals surface area contributed by atoms with Crippen LogP contribution in [0.4, 0.5) is 0 Å². The summed E-state index contributed by atoms with van der Waals surface area (Å²) in [4.78, 5) is 10.9. The molecule has 0 aliphatic heterocycles. The van der Waals surface area contributed by atoms with Gasteiger partial charge >= 0.3 is 0 Å². The highest BCUT2D eigenvalue weighted by molar-refractivity contribution is 5.90. The number of carbonyl (C=O) groups is 1. The Kier molecular flexibility index (Phi) is 4.66. The first-order chi connectivity index (χ1) is 10.4. The molecule has 0 radical (unpaired) electrons. The lowest BCUT2D eigenvalue weighted by atomic mass is 9.87. The van der Waals surface area contributed by atoms with Crippen LogP contribution in [0.5, 0.6) is 11.5 Å². The molecule has 0 saturated carbocycles. The molecule has 114 valence electrons. The molecule has 2 aromatic carbocycles. The van der Waals surface area contributed by atoms with Crippen molar-refractivity contribution in [3.8, 4) is 11.5 Å². The Hall–Kier alpha value is -2.55. The molecule has 0 aromatic heterocycles. The fourth-order valence-electron chi connectivity index (χ4n) is 2.03. The number of carbonyl (C=O) groups excluding carboxylic acids is 1. The van der Waals surface area contributed by atoms with Crippen LogP contribution in [0, 0.1) is 0 Å². The summed E-state index contributed by atoms with van der Waals surface area (Å²) in [6.45, 7) is 6.52. The van der Waals surface area contributed by atoms with Gasteiger partial charge in [-0.2, -0.15) is 0 Å². The summed E-state index contributed by atoms with van der Waals surface area (Å²) in [6, 6.07) is 15.5. The highest BCUT2D eigenvalue weighted by atomic mass is 16.5. The lowest BCUT2D eigenvalue weighted by molar-refractivity contribution is -0.113. The van der Waals surface area contributed by atoms with Gasteiger partial charge in [0.2, 0.25) is 5.91 Å². The average Bonchev–Trinajstić information content (AvgIpc) is 2.46. The Bertz CT molecular complexity index is 679. The summed E-state index contributed by atoms with van der Waals surface area (Å²) < 4.78 is 5.91. The van der Waals surface area contributed by atoms with Crippen molar-refractivity contribution in [3.63, 3.8) is 0 Å². The molecule has 22 heavy (non-hydrogen) atoms. The summed E-state index contributed by atoms with van der Waals surface area (Å²) in [5.74, 6) is 0.959. The molecule has 0 aliphatic rings. The smallest absolute Gasteiger partial charge is 0.241 e. The van der Waals surface area contributed by atoms with Gasteiger partial charge in [0, 0.05) is 11.6 Å². The molecule has 1 amide bonds. The number of hydrogen-bond acceptors (Lipinski definition) is 2. The van der Waals surface area contributed by atoms with Gasteiger partial charge in [0.25, 0.3) is 0 Å². The minimum absolute atomic E-state index is 0.112. The molecule has 3 heteroatoms. The van der Waals surface area contributed by atoms with E-state index >= 15 is 0 Å². The second-order valence-corrected chi connectivity index (χ2v) is 6.15.